The quantitative estimate of drug-likeness (QED) is 0.669. The van der Waals surface area contributed by atoms with Gasteiger partial charge in [0.25, 0.3) is 11.1 Å². The van der Waals surface area contributed by atoms with Crippen LogP contribution in [0.3, 0.4) is 0 Å². The molecule has 3 rings (SSSR count). The molecular formula is C19H14BrNO5S. The standard InChI is InChI=1S/C19H14BrNO5S/c20-14-5-1-13(2-6-14)10-21-18(24)16(27-19(21)25)9-12-3-7-15(8-4-12)26-11-17(22)23/h1-9H,10-11H2,(H,22,23)/b16-9-. The van der Waals surface area contributed by atoms with E-state index in [1.165, 1.54) is 4.90 Å². The third-order valence-electron chi connectivity index (χ3n) is 3.67. The number of aliphatic carboxylic acids is 1. The molecule has 1 heterocycles. The average molecular weight is 448 g/mol. The number of carbonyl (C=O) groups excluding carboxylic acids is 2. The molecule has 0 radical (unpaired) electrons. The number of ether oxygens (including phenoxy) is 1. The number of amides is 2. The Morgan fingerprint density at radius 2 is 1.78 bits per heavy atom. The van der Waals surface area contributed by atoms with Crippen LogP contribution in [0.25, 0.3) is 6.08 Å². The Bertz CT molecular complexity index is 909. The van der Waals surface area contributed by atoms with Gasteiger partial charge in [0.1, 0.15) is 5.75 Å². The molecule has 0 atom stereocenters. The number of nitrogens with zero attached hydrogens (tertiary/aromatic N) is 1. The summed E-state index contributed by atoms with van der Waals surface area (Å²) in [6, 6.07) is 14.0. The van der Waals surface area contributed by atoms with E-state index in [0.717, 1.165) is 21.8 Å². The molecule has 1 aliphatic heterocycles. The monoisotopic (exact) mass is 447 g/mol. The molecule has 8 heteroatoms. The highest BCUT2D eigenvalue weighted by Crippen LogP contribution is 2.33. The second-order valence-electron chi connectivity index (χ2n) is 5.65. The highest BCUT2D eigenvalue weighted by molar-refractivity contribution is 9.10. The first-order valence-electron chi connectivity index (χ1n) is 7.87. The van der Waals surface area contributed by atoms with E-state index in [-0.39, 0.29) is 17.7 Å². The molecule has 1 saturated heterocycles. The maximum Gasteiger partial charge on any atom is 0.341 e. The molecule has 0 bridgehead atoms. The van der Waals surface area contributed by atoms with Crippen LogP contribution in [0.1, 0.15) is 11.1 Å². The molecule has 0 aliphatic carbocycles. The zero-order valence-corrected chi connectivity index (χ0v) is 16.3. The van der Waals surface area contributed by atoms with Crippen LogP contribution in [0.4, 0.5) is 4.79 Å². The third-order valence-corrected chi connectivity index (χ3v) is 5.10. The molecule has 138 valence electrons. The molecule has 6 nitrogen and oxygen atoms in total. The number of carboxylic acids is 1. The first-order valence-corrected chi connectivity index (χ1v) is 9.48. The minimum atomic E-state index is -1.06. The zero-order chi connectivity index (χ0) is 19.4. The van der Waals surface area contributed by atoms with E-state index in [1.807, 2.05) is 24.3 Å². The second-order valence-corrected chi connectivity index (χ2v) is 7.55. The number of carbonyl (C=O) groups is 3. The molecule has 2 aromatic carbocycles. The summed E-state index contributed by atoms with van der Waals surface area (Å²) in [6.07, 6.45) is 1.63. The Balaban J connectivity index is 1.70. The summed E-state index contributed by atoms with van der Waals surface area (Å²) >= 11 is 4.25. The van der Waals surface area contributed by atoms with Crippen molar-refractivity contribution in [1.82, 2.24) is 4.90 Å². The number of halogens is 1. The average Bonchev–Trinajstić information content (AvgIpc) is 2.90. The lowest BCUT2D eigenvalue weighted by Crippen LogP contribution is -2.27. The maximum atomic E-state index is 12.6. The largest absolute Gasteiger partial charge is 0.482 e. The van der Waals surface area contributed by atoms with Gasteiger partial charge in [-0.2, -0.15) is 0 Å². The first kappa shape index (κ1) is 19.2. The zero-order valence-electron chi connectivity index (χ0n) is 13.9. The normalized spacial score (nSPS) is 15.4. The van der Waals surface area contributed by atoms with Gasteiger partial charge in [0, 0.05) is 4.47 Å². The van der Waals surface area contributed by atoms with Crippen molar-refractivity contribution in [3.05, 3.63) is 69.0 Å². The second kappa shape index (κ2) is 8.41. The third kappa shape index (κ3) is 4.99. The van der Waals surface area contributed by atoms with Crippen LogP contribution < -0.4 is 4.74 Å². The highest BCUT2D eigenvalue weighted by atomic mass is 79.9. The van der Waals surface area contributed by atoms with Gasteiger partial charge >= 0.3 is 5.97 Å². The van der Waals surface area contributed by atoms with Crippen LogP contribution in [-0.4, -0.2) is 33.7 Å². The number of hydrogen-bond donors (Lipinski definition) is 1. The van der Waals surface area contributed by atoms with Crippen LogP contribution in [-0.2, 0) is 16.1 Å². The Labute approximate surface area is 167 Å². The van der Waals surface area contributed by atoms with Crippen molar-refractivity contribution in [3.8, 4) is 5.75 Å². The SMILES string of the molecule is O=C(O)COc1ccc(/C=C2\SC(=O)N(Cc3ccc(Br)cc3)C2=O)cc1. The van der Waals surface area contributed by atoms with E-state index in [0.29, 0.717) is 16.2 Å². The smallest absolute Gasteiger partial charge is 0.341 e. The minimum absolute atomic E-state index is 0.219. The highest BCUT2D eigenvalue weighted by Gasteiger charge is 2.34. The van der Waals surface area contributed by atoms with Crippen LogP contribution >= 0.6 is 27.7 Å². The maximum absolute atomic E-state index is 12.6. The lowest BCUT2D eigenvalue weighted by Gasteiger charge is -2.12. The Morgan fingerprint density at radius 1 is 1.11 bits per heavy atom. The molecule has 0 unspecified atom stereocenters. The lowest BCUT2D eigenvalue weighted by atomic mass is 10.2. The lowest BCUT2D eigenvalue weighted by molar-refractivity contribution is -0.139. The summed E-state index contributed by atoms with van der Waals surface area (Å²) in [5.41, 5.74) is 1.58. The summed E-state index contributed by atoms with van der Waals surface area (Å²) in [5.74, 6) is -0.976. The summed E-state index contributed by atoms with van der Waals surface area (Å²) in [4.78, 5) is 36.8. The molecule has 1 fully saturated rings. The summed E-state index contributed by atoms with van der Waals surface area (Å²) in [6.45, 7) is -0.203. The first-order chi connectivity index (χ1) is 12.9. The summed E-state index contributed by atoms with van der Waals surface area (Å²) < 4.78 is 5.99. The molecule has 2 aromatic rings. The minimum Gasteiger partial charge on any atom is -0.482 e. The Kier molecular flexibility index (Phi) is 5.98. The Hall–Kier alpha value is -2.58. The number of thioether (sulfide) groups is 1. The van der Waals surface area contributed by atoms with E-state index >= 15 is 0 Å². The van der Waals surface area contributed by atoms with Crippen molar-refractivity contribution >= 4 is 50.9 Å². The number of rotatable bonds is 6. The topological polar surface area (TPSA) is 83.9 Å². The van der Waals surface area contributed by atoms with E-state index < -0.39 is 12.6 Å². The van der Waals surface area contributed by atoms with Crippen LogP contribution in [0.15, 0.2) is 57.9 Å². The predicted octanol–water partition coefficient (Wildman–Crippen LogP) is 4.15. The van der Waals surface area contributed by atoms with Gasteiger partial charge in [0.15, 0.2) is 6.61 Å². The molecule has 0 aromatic heterocycles. The van der Waals surface area contributed by atoms with Crippen molar-refractivity contribution < 1.29 is 24.2 Å². The number of imide groups is 1. The van der Waals surface area contributed by atoms with Crippen molar-refractivity contribution in [1.29, 1.82) is 0 Å². The number of carboxylic acid groups (broad SMARTS) is 1. The van der Waals surface area contributed by atoms with Gasteiger partial charge in [-0.3, -0.25) is 14.5 Å². The van der Waals surface area contributed by atoms with Gasteiger partial charge in [0.2, 0.25) is 0 Å². The van der Waals surface area contributed by atoms with E-state index in [2.05, 4.69) is 15.9 Å². The van der Waals surface area contributed by atoms with Crippen molar-refractivity contribution in [2.75, 3.05) is 6.61 Å². The van der Waals surface area contributed by atoms with Crippen molar-refractivity contribution in [2.24, 2.45) is 0 Å². The van der Waals surface area contributed by atoms with Gasteiger partial charge in [-0.25, -0.2) is 4.79 Å². The summed E-state index contributed by atoms with van der Waals surface area (Å²) in [5, 5.41) is 8.29. The fourth-order valence-electron chi connectivity index (χ4n) is 2.37. The molecule has 0 spiro atoms. The van der Waals surface area contributed by atoms with E-state index in [4.69, 9.17) is 9.84 Å². The number of hydrogen-bond acceptors (Lipinski definition) is 5. The Morgan fingerprint density at radius 3 is 2.41 bits per heavy atom. The fourth-order valence-corrected chi connectivity index (χ4v) is 3.47. The van der Waals surface area contributed by atoms with Gasteiger partial charge in [-0.15, -0.1) is 0 Å². The van der Waals surface area contributed by atoms with Gasteiger partial charge in [0.05, 0.1) is 11.4 Å². The van der Waals surface area contributed by atoms with Gasteiger partial charge in [-0.1, -0.05) is 40.2 Å². The molecule has 0 saturated carbocycles. The van der Waals surface area contributed by atoms with Gasteiger partial charge < -0.3 is 9.84 Å². The fraction of sp³-hybridized carbons (Fsp3) is 0.105. The molecule has 1 N–H and O–H groups in total. The molecule has 1 aliphatic rings. The summed E-state index contributed by atoms with van der Waals surface area (Å²) in [7, 11) is 0. The molecule has 27 heavy (non-hydrogen) atoms. The van der Waals surface area contributed by atoms with Gasteiger partial charge in [-0.05, 0) is 53.2 Å². The molecule has 2 amide bonds. The molecular weight excluding hydrogens is 434 g/mol. The van der Waals surface area contributed by atoms with Crippen LogP contribution in [0.2, 0.25) is 0 Å². The van der Waals surface area contributed by atoms with Crippen molar-refractivity contribution in [2.45, 2.75) is 6.54 Å². The van der Waals surface area contributed by atoms with Crippen molar-refractivity contribution in [3.63, 3.8) is 0 Å². The van der Waals surface area contributed by atoms with Crippen LogP contribution in [0.5, 0.6) is 5.75 Å². The number of benzene rings is 2. The predicted molar refractivity (Wildman–Crippen MR) is 105 cm³/mol. The van der Waals surface area contributed by atoms with E-state index in [1.54, 1.807) is 30.3 Å². The van der Waals surface area contributed by atoms with E-state index in [9.17, 15) is 14.4 Å². The van der Waals surface area contributed by atoms with Crippen LogP contribution in [0, 0.1) is 0 Å².